The minimum atomic E-state index is -1.23. The SMILES string of the molecule is COCC(=O)OC(CC(=O)O)CC(=O)O. The van der Waals surface area contributed by atoms with Crippen LogP contribution in [0.1, 0.15) is 12.8 Å². The summed E-state index contributed by atoms with van der Waals surface area (Å²) in [4.78, 5) is 31.5. The third-order valence-electron chi connectivity index (χ3n) is 1.36. The second kappa shape index (κ2) is 6.77. The van der Waals surface area contributed by atoms with Crippen LogP contribution in [0.25, 0.3) is 0 Å². The molecule has 0 radical (unpaired) electrons. The highest BCUT2D eigenvalue weighted by molar-refractivity contribution is 5.74. The third-order valence-corrected chi connectivity index (χ3v) is 1.36. The van der Waals surface area contributed by atoms with Crippen LogP contribution in [-0.2, 0) is 23.9 Å². The lowest BCUT2D eigenvalue weighted by atomic mass is 10.2. The summed E-state index contributed by atoms with van der Waals surface area (Å²) in [5.41, 5.74) is 0. The van der Waals surface area contributed by atoms with E-state index in [1.165, 1.54) is 7.11 Å². The van der Waals surface area contributed by atoms with Crippen molar-refractivity contribution in [1.29, 1.82) is 0 Å². The molecule has 0 amide bonds. The quantitative estimate of drug-likeness (QED) is 0.556. The maximum absolute atomic E-state index is 10.9. The molecule has 0 aromatic rings. The zero-order valence-electron chi connectivity index (χ0n) is 8.13. The molecule has 0 aromatic heterocycles. The van der Waals surface area contributed by atoms with Gasteiger partial charge in [0.15, 0.2) is 0 Å². The Balaban J connectivity index is 4.16. The summed E-state index contributed by atoms with van der Waals surface area (Å²) >= 11 is 0. The standard InChI is InChI=1S/C8H12O7/c1-14-4-8(13)15-5(2-6(9)10)3-7(11)12/h5H,2-4H2,1H3,(H,9,10)(H,11,12). The van der Waals surface area contributed by atoms with E-state index in [0.717, 1.165) is 0 Å². The number of hydrogen-bond donors (Lipinski definition) is 2. The number of carbonyl (C=O) groups is 3. The molecule has 15 heavy (non-hydrogen) atoms. The van der Waals surface area contributed by atoms with Crippen LogP contribution < -0.4 is 0 Å². The molecule has 0 aliphatic rings. The van der Waals surface area contributed by atoms with Gasteiger partial charge in [-0.2, -0.15) is 0 Å². The lowest BCUT2D eigenvalue weighted by Gasteiger charge is -2.13. The fraction of sp³-hybridized carbons (Fsp3) is 0.625. The highest BCUT2D eigenvalue weighted by atomic mass is 16.6. The van der Waals surface area contributed by atoms with Crippen molar-refractivity contribution in [2.24, 2.45) is 0 Å². The first-order valence-corrected chi connectivity index (χ1v) is 4.07. The molecule has 0 saturated heterocycles. The molecule has 86 valence electrons. The summed E-state index contributed by atoms with van der Waals surface area (Å²) in [5, 5.41) is 16.8. The lowest BCUT2D eigenvalue weighted by molar-refractivity contribution is -0.159. The van der Waals surface area contributed by atoms with Gasteiger partial charge in [-0.15, -0.1) is 0 Å². The van der Waals surface area contributed by atoms with Crippen molar-refractivity contribution in [3.05, 3.63) is 0 Å². The van der Waals surface area contributed by atoms with Gasteiger partial charge >= 0.3 is 17.9 Å². The second-order valence-corrected chi connectivity index (χ2v) is 2.74. The summed E-state index contributed by atoms with van der Waals surface area (Å²) in [7, 11) is 1.27. The van der Waals surface area contributed by atoms with Gasteiger partial charge in [-0.3, -0.25) is 9.59 Å². The number of carboxylic acids is 2. The number of aliphatic carboxylic acids is 2. The Labute approximate surface area is 85.6 Å². The fourth-order valence-electron chi connectivity index (χ4n) is 0.883. The number of methoxy groups -OCH3 is 1. The number of rotatable bonds is 7. The Hall–Kier alpha value is -1.63. The van der Waals surface area contributed by atoms with Crippen molar-refractivity contribution in [2.75, 3.05) is 13.7 Å². The van der Waals surface area contributed by atoms with Crippen molar-refractivity contribution in [3.63, 3.8) is 0 Å². The number of carboxylic acid groups (broad SMARTS) is 2. The highest BCUT2D eigenvalue weighted by Gasteiger charge is 2.20. The average molecular weight is 220 g/mol. The molecule has 0 saturated carbocycles. The summed E-state index contributed by atoms with van der Waals surface area (Å²) < 4.78 is 9.03. The van der Waals surface area contributed by atoms with Crippen molar-refractivity contribution in [1.82, 2.24) is 0 Å². The first kappa shape index (κ1) is 13.4. The zero-order chi connectivity index (χ0) is 11.8. The fourth-order valence-corrected chi connectivity index (χ4v) is 0.883. The topological polar surface area (TPSA) is 110 Å². The normalized spacial score (nSPS) is 10.0. The second-order valence-electron chi connectivity index (χ2n) is 2.74. The van der Waals surface area contributed by atoms with E-state index in [2.05, 4.69) is 9.47 Å². The van der Waals surface area contributed by atoms with E-state index < -0.39 is 36.9 Å². The van der Waals surface area contributed by atoms with Crippen LogP contribution >= 0.6 is 0 Å². The van der Waals surface area contributed by atoms with Gasteiger partial charge in [-0.05, 0) is 0 Å². The molecular formula is C8H12O7. The van der Waals surface area contributed by atoms with Crippen molar-refractivity contribution >= 4 is 17.9 Å². The van der Waals surface area contributed by atoms with Gasteiger partial charge in [0, 0.05) is 7.11 Å². The number of esters is 1. The van der Waals surface area contributed by atoms with Crippen LogP contribution in [-0.4, -0.2) is 47.9 Å². The van der Waals surface area contributed by atoms with Crippen LogP contribution in [0, 0.1) is 0 Å². The van der Waals surface area contributed by atoms with E-state index in [1.54, 1.807) is 0 Å². The molecule has 0 fully saturated rings. The molecule has 7 nitrogen and oxygen atoms in total. The van der Waals surface area contributed by atoms with Gasteiger partial charge in [0.1, 0.15) is 12.7 Å². The van der Waals surface area contributed by atoms with Crippen LogP contribution in [0.2, 0.25) is 0 Å². The molecule has 0 unspecified atom stereocenters. The number of carbonyl (C=O) groups excluding carboxylic acids is 1. The highest BCUT2D eigenvalue weighted by Crippen LogP contribution is 2.05. The van der Waals surface area contributed by atoms with Gasteiger partial charge in [-0.1, -0.05) is 0 Å². The number of ether oxygens (including phenoxy) is 2. The molecule has 0 heterocycles. The van der Waals surface area contributed by atoms with E-state index in [1.807, 2.05) is 0 Å². The first-order chi connectivity index (χ1) is 6.95. The minimum absolute atomic E-state index is 0.338. The van der Waals surface area contributed by atoms with Gasteiger partial charge in [0.2, 0.25) is 0 Å². The summed E-state index contributed by atoms with van der Waals surface area (Å²) in [6.45, 7) is -0.338. The van der Waals surface area contributed by atoms with Crippen LogP contribution in [0.5, 0.6) is 0 Å². The maximum Gasteiger partial charge on any atom is 0.332 e. The van der Waals surface area contributed by atoms with Gasteiger partial charge in [0.05, 0.1) is 12.8 Å². The molecular weight excluding hydrogens is 208 g/mol. The smallest absolute Gasteiger partial charge is 0.332 e. The van der Waals surface area contributed by atoms with E-state index >= 15 is 0 Å². The maximum atomic E-state index is 10.9. The van der Waals surface area contributed by atoms with E-state index in [4.69, 9.17) is 10.2 Å². The Kier molecular flexibility index (Phi) is 6.03. The Morgan fingerprint density at radius 2 is 1.60 bits per heavy atom. The van der Waals surface area contributed by atoms with Gasteiger partial charge in [-0.25, -0.2) is 4.79 Å². The van der Waals surface area contributed by atoms with Crippen LogP contribution in [0.15, 0.2) is 0 Å². The van der Waals surface area contributed by atoms with Crippen molar-refractivity contribution in [2.45, 2.75) is 18.9 Å². The molecule has 0 aromatic carbocycles. The monoisotopic (exact) mass is 220 g/mol. The first-order valence-electron chi connectivity index (χ1n) is 4.07. The Morgan fingerprint density at radius 1 is 1.13 bits per heavy atom. The van der Waals surface area contributed by atoms with E-state index in [9.17, 15) is 14.4 Å². The van der Waals surface area contributed by atoms with E-state index in [-0.39, 0.29) is 6.61 Å². The molecule has 0 aliphatic heterocycles. The minimum Gasteiger partial charge on any atom is -0.481 e. The summed E-state index contributed by atoms with van der Waals surface area (Å²) in [6.07, 6.45) is -2.24. The zero-order valence-corrected chi connectivity index (χ0v) is 8.13. The predicted octanol–water partition coefficient (Wildman–Crippen LogP) is -0.506. The van der Waals surface area contributed by atoms with Crippen molar-refractivity contribution < 1.29 is 34.1 Å². The lowest BCUT2D eigenvalue weighted by Crippen LogP contribution is -2.26. The molecule has 7 heteroatoms. The summed E-state index contributed by atoms with van der Waals surface area (Å²) in [6, 6.07) is 0. The molecule has 0 aliphatic carbocycles. The third kappa shape index (κ3) is 7.44. The molecule has 0 spiro atoms. The van der Waals surface area contributed by atoms with Gasteiger partial charge < -0.3 is 19.7 Å². The average Bonchev–Trinajstić information content (AvgIpc) is 2.00. The Morgan fingerprint density at radius 3 is 1.93 bits per heavy atom. The largest absolute Gasteiger partial charge is 0.481 e. The van der Waals surface area contributed by atoms with Crippen LogP contribution in [0.3, 0.4) is 0 Å². The Bertz CT molecular complexity index is 231. The van der Waals surface area contributed by atoms with E-state index in [0.29, 0.717) is 0 Å². The molecule has 0 bridgehead atoms. The number of hydrogen-bond acceptors (Lipinski definition) is 5. The van der Waals surface area contributed by atoms with Crippen LogP contribution in [0.4, 0.5) is 0 Å². The molecule has 2 N–H and O–H groups in total. The predicted molar refractivity (Wildman–Crippen MR) is 46.3 cm³/mol. The van der Waals surface area contributed by atoms with Gasteiger partial charge in [0.25, 0.3) is 0 Å². The summed E-state index contributed by atoms with van der Waals surface area (Å²) in [5.74, 6) is -3.25. The molecule has 0 rings (SSSR count). The molecule has 0 atom stereocenters. The van der Waals surface area contributed by atoms with Crippen molar-refractivity contribution in [3.8, 4) is 0 Å².